The van der Waals surface area contributed by atoms with Crippen LogP contribution in [0, 0.1) is 0 Å². The van der Waals surface area contributed by atoms with Crippen LogP contribution in [-0.2, 0) is 6.54 Å². The van der Waals surface area contributed by atoms with Crippen molar-refractivity contribution in [3.8, 4) is 5.75 Å². The SMILES string of the molecule is COc1cc(C(=O)N(C)Cc2ccccn2)ccc1N. The fourth-order valence-corrected chi connectivity index (χ4v) is 1.87. The average molecular weight is 271 g/mol. The molecular weight excluding hydrogens is 254 g/mol. The number of carbonyl (C=O) groups is 1. The quantitative estimate of drug-likeness (QED) is 0.863. The number of rotatable bonds is 4. The van der Waals surface area contributed by atoms with E-state index in [1.54, 1.807) is 36.3 Å². The summed E-state index contributed by atoms with van der Waals surface area (Å²) in [7, 11) is 3.26. The van der Waals surface area contributed by atoms with Crippen molar-refractivity contribution >= 4 is 11.6 Å². The second-order valence-corrected chi connectivity index (χ2v) is 4.44. The van der Waals surface area contributed by atoms with E-state index in [0.717, 1.165) is 5.69 Å². The number of pyridine rings is 1. The van der Waals surface area contributed by atoms with Gasteiger partial charge in [-0.1, -0.05) is 6.07 Å². The molecule has 20 heavy (non-hydrogen) atoms. The molecule has 0 aliphatic rings. The van der Waals surface area contributed by atoms with Crippen LogP contribution < -0.4 is 10.5 Å². The summed E-state index contributed by atoms with van der Waals surface area (Å²) in [6, 6.07) is 10.6. The van der Waals surface area contributed by atoms with E-state index in [1.807, 2.05) is 18.2 Å². The summed E-state index contributed by atoms with van der Waals surface area (Å²) >= 11 is 0. The number of nitrogens with zero attached hydrogens (tertiary/aromatic N) is 2. The highest BCUT2D eigenvalue weighted by Gasteiger charge is 2.14. The molecule has 0 saturated heterocycles. The molecule has 0 radical (unpaired) electrons. The molecule has 2 aromatic rings. The highest BCUT2D eigenvalue weighted by atomic mass is 16.5. The molecule has 0 atom stereocenters. The summed E-state index contributed by atoms with van der Waals surface area (Å²) in [5.41, 5.74) is 7.63. The summed E-state index contributed by atoms with van der Waals surface area (Å²) in [5.74, 6) is 0.399. The maximum absolute atomic E-state index is 12.3. The first-order valence-electron chi connectivity index (χ1n) is 6.20. The van der Waals surface area contributed by atoms with E-state index < -0.39 is 0 Å². The van der Waals surface area contributed by atoms with E-state index in [-0.39, 0.29) is 5.91 Å². The molecule has 5 heteroatoms. The number of nitrogens with two attached hydrogens (primary N) is 1. The number of carbonyl (C=O) groups excluding carboxylic acids is 1. The molecule has 1 aromatic carbocycles. The van der Waals surface area contributed by atoms with Crippen LogP contribution in [0.1, 0.15) is 16.1 Å². The Morgan fingerprint density at radius 2 is 2.15 bits per heavy atom. The Bertz CT molecular complexity index is 599. The van der Waals surface area contributed by atoms with Crippen LogP contribution in [0.2, 0.25) is 0 Å². The van der Waals surface area contributed by atoms with Gasteiger partial charge in [0.25, 0.3) is 5.91 Å². The highest BCUT2D eigenvalue weighted by molar-refractivity contribution is 5.95. The lowest BCUT2D eigenvalue weighted by Crippen LogP contribution is -2.26. The molecule has 0 unspecified atom stereocenters. The third-order valence-electron chi connectivity index (χ3n) is 2.95. The van der Waals surface area contributed by atoms with Gasteiger partial charge >= 0.3 is 0 Å². The molecular formula is C15H17N3O2. The Labute approximate surface area is 118 Å². The molecule has 104 valence electrons. The Balaban J connectivity index is 2.14. The van der Waals surface area contributed by atoms with Crippen molar-refractivity contribution in [1.29, 1.82) is 0 Å². The second kappa shape index (κ2) is 6.06. The van der Waals surface area contributed by atoms with Gasteiger partial charge in [0.05, 0.1) is 25.0 Å². The van der Waals surface area contributed by atoms with Gasteiger partial charge in [0.1, 0.15) is 5.75 Å². The number of amides is 1. The fourth-order valence-electron chi connectivity index (χ4n) is 1.87. The molecule has 0 spiro atoms. The van der Waals surface area contributed by atoms with E-state index in [4.69, 9.17) is 10.5 Å². The zero-order chi connectivity index (χ0) is 14.5. The van der Waals surface area contributed by atoms with Gasteiger partial charge < -0.3 is 15.4 Å². The minimum Gasteiger partial charge on any atom is -0.495 e. The van der Waals surface area contributed by atoms with Gasteiger partial charge in [-0.3, -0.25) is 9.78 Å². The van der Waals surface area contributed by atoms with Gasteiger partial charge in [-0.25, -0.2) is 0 Å². The number of benzene rings is 1. The lowest BCUT2D eigenvalue weighted by molar-refractivity contribution is 0.0783. The Kier molecular flexibility index (Phi) is 4.20. The van der Waals surface area contributed by atoms with Crippen molar-refractivity contribution in [3.63, 3.8) is 0 Å². The van der Waals surface area contributed by atoms with Gasteiger partial charge in [0, 0.05) is 18.8 Å². The number of ether oxygens (including phenoxy) is 1. The van der Waals surface area contributed by atoms with Crippen molar-refractivity contribution in [2.45, 2.75) is 6.54 Å². The van der Waals surface area contributed by atoms with Gasteiger partial charge in [-0.05, 0) is 30.3 Å². The van der Waals surface area contributed by atoms with Crippen LogP contribution in [0.15, 0.2) is 42.6 Å². The minimum atomic E-state index is -0.103. The third-order valence-corrected chi connectivity index (χ3v) is 2.95. The standard InChI is InChI=1S/C15H17N3O2/c1-18(10-12-5-3-4-8-17-12)15(19)11-6-7-13(16)14(9-11)20-2/h3-9H,10,16H2,1-2H3. The van der Waals surface area contributed by atoms with Crippen LogP contribution in [0.4, 0.5) is 5.69 Å². The number of hydrogen-bond donors (Lipinski definition) is 1. The molecule has 5 nitrogen and oxygen atoms in total. The van der Waals surface area contributed by atoms with E-state index in [1.165, 1.54) is 7.11 Å². The van der Waals surface area contributed by atoms with E-state index in [0.29, 0.717) is 23.5 Å². The van der Waals surface area contributed by atoms with Gasteiger partial charge in [0.15, 0.2) is 0 Å². The number of nitrogen functional groups attached to an aromatic ring is 1. The lowest BCUT2D eigenvalue weighted by Gasteiger charge is -2.17. The van der Waals surface area contributed by atoms with E-state index in [2.05, 4.69) is 4.98 Å². The van der Waals surface area contributed by atoms with Crippen molar-refractivity contribution < 1.29 is 9.53 Å². The van der Waals surface area contributed by atoms with E-state index in [9.17, 15) is 4.79 Å². The smallest absolute Gasteiger partial charge is 0.254 e. The Morgan fingerprint density at radius 3 is 2.80 bits per heavy atom. The molecule has 0 bridgehead atoms. The molecule has 0 aliphatic carbocycles. The predicted octanol–water partition coefficient (Wildman–Crippen LogP) is 1.94. The second-order valence-electron chi connectivity index (χ2n) is 4.44. The van der Waals surface area contributed by atoms with Crippen molar-refractivity contribution in [2.24, 2.45) is 0 Å². The third kappa shape index (κ3) is 3.06. The summed E-state index contributed by atoms with van der Waals surface area (Å²) in [6.45, 7) is 0.451. The molecule has 0 aliphatic heterocycles. The predicted molar refractivity (Wildman–Crippen MR) is 77.4 cm³/mol. The molecule has 2 rings (SSSR count). The molecule has 2 N–H and O–H groups in total. The lowest BCUT2D eigenvalue weighted by atomic mass is 10.1. The van der Waals surface area contributed by atoms with Gasteiger partial charge in [-0.2, -0.15) is 0 Å². The maximum atomic E-state index is 12.3. The first-order valence-corrected chi connectivity index (χ1v) is 6.20. The fraction of sp³-hybridized carbons (Fsp3) is 0.200. The number of hydrogen-bond acceptors (Lipinski definition) is 4. The molecule has 1 amide bonds. The van der Waals surface area contributed by atoms with Gasteiger partial charge in [-0.15, -0.1) is 0 Å². The molecule has 1 aromatic heterocycles. The first kappa shape index (κ1) is 13.9. The van der Waals surface area contributed by atoms with Gasteiger partial charge in [0.2, 0.25) is 0 Å². The van der Waals surface area contributed by atoms with Crippen molar-refractivity contribution in [2.75, 3.05) is 19.9 Å². The van der Waals surface area contributed by atoms with Crippen LogP contribution in [0.5, 0.6) is 5.75 Å². The number of methoxy groups -OCH3 is 1. The molecule has 0 fully saturated rings. The topological polar surface area (TPSA) is 68.5 Å². The highest BCUT2D eigenvalue weighted by Crippen LogP contribution is 2.23. The monoisotopic (exact) mass is 271 g/mol. The summed E-state index contributed by atoms with van der Waals surface area (Å²) in [5, 5.41) is 0. The zero-order valence-corrected chi connectivity index (χ0v) is 11.5. The molecule has 1 heterocycles. The van der Waals surface area contributed by atoms with Crippen molar-refractivity contribution in [1.82, 2.24) is 9.88 Å². The maximum Gasteiger partial charge on any atom is 0.254 e. The van der Waals surface area contributed by atoms with Crippen molar-refractivity contribution in [3.05, 3.63) is 53.9 Å². The molecule has 0 saturated carbocycles. The summed E-state index contributed by atoms with van der Waals surface area (Å²) in [4.78, 5) is 18.1. The first-order chi connectivity index (χ1) is 9.61. The van der Waals surface area contributed by atoms with Crippen LogP contribution >= 0.6 is 0 Å². The van der Waals surface area contributed by atoms with E-state index >= 15 is 0 Å². The normalized spacial score (nSPS) is 10.1. The number of aromatic nitrogens is 1. The Hall–Kier alpha value is -2.56. The average Bonchev–Trinajstić information content (AvgIpc) is 2.48. The van der Waals surface area contributed by atoms with Crippen LogP contribution in [0.25, 0.3) is 0 Å². The number of anilines is 1. The Morgan fingerprint density at radius 1 is 1.35 bits per heavy atom. The summed E-state index contributed by atoms with van der Waals surface area (Å²) < 4.78 is 5.13. The zero-order valence-electron chi connectivity index (χ0n) is 11.5. The van der Waals surface area contributed by atoms with Crippen LogP contribution in [0.3, 0.4) is 0 Å². The van der Waals surface area contributed by atoms with Crippen LogP contribution in [-0.4, -0.2) is 29.9 Å². The minimum absolute atomic E-state index is 0.103. The largest absolute Gasteiger partial charge is 0.495 e. The summed E-state index contributed by atoms with van der Waals surface area (Å²) in [6.07, 6.45) is 1.71.